The number of fused-ring (bicyclic) bond motifs is 1. The Morgan fingerprint density at radius 2 is 1.94 bits per heavy atom. The predicted molar refractivity (Wildman–Crippen MR) is 131 cm³/mol. The van der Waals surface area contributed by atoms with Crippen molar-refractivity contribution in [3.8, 4) is 0 Å². The molecule has 0 saturated carbocycles. The minimum absolute atomic E-state index is 0.0226. The Morgan fingerprint density at radius 3 is 2.65 bits per heavy atom. The van der Waals surface area contributed by atoms with Gasteiger partial charge in [-0.1, -0.05) is 48.0 Å². The molecular weight excluding hydrogens is 455 g/mol. The lowest BCUT2D eigenvalue weighted by Crippen LogP contribution is -2.44. The number of rotatable bonds is 9. The van der Waals surface area contributed by atoms with Crippen LogP contribution in [0.5, 0.6) is 0 Å². The lowest BCUT2D eigenvalue weighted by atomic mass is 9.89. The van der Waals surface area contributed by atoms with Gasteiger partial charge in [0.1, 0.15) is 5.82 Å². The molecule has 2 heterocycles. The smallest absolute Gasteiger partial charge is 0.234 e. The van der Waals surface area contributed by atoms with Gasteiger partial charge in [0.25, 0.3) is 0 Å². The Balaban J connectivity index is 1.54. The van der Waals surface area contributed by atoms with Crippen LogP contribution >= 0.6 is 11.6 Å². The van der Waals surface area contributed by atoms with Gasteiger partial charge in [-0.3, -0.25) is 14.5 Å². The summed E-state index contributed by atoms with van der Waals surface area (Å²) in [6.07, 6.45) is 0.644. The van der Waals surface area contributed by atoms with Crippen molar-refractivity contribution >= 4 is 23.3 Å². The van der Waals surface area contributed by atoms with Gasteiger partial charge in [-0.15, -0.1) is 0 Å². The van der Waals surface area contributed by atoms with Crippen molar-refractivity contribution in [1.29, 1.82) is 0 Å². The van der Waals surface area contributed by atoms with E-state index in [1.807, 2.05) is 49.3 Å². The summed E-state index contributed by atoms with van der Waals surface area (Å²) in [4.78, 5) is 30.1. The van der Waals surface area contributed by atoms with Gasteiger partial charge in [0.15, 0.2) is 5.78 Å². The minimum atomic E-state index is -0.579. The van der Waals surface area contributed by atoms with Crippen LogP contribution in [0, 0.1) is 17.7 Å². The average molecular weight is 487 g/mol. The predicted octanol–water partition coefficient (Wildman–Crippen LogP) is 2.99. The summed E-state index contributed by atoms with van der Waals surface area (Å²) in [6, 6.07) is 13.6. The van der Waals surface area contributed by atoms with Crippen molar-refractivity contribution in [2.45, 2.75) is 18.5 Å². The van der Waals surface area contributed by atoms with Crippen LogP contribution in [0.2, 0.25) is 5.02 Å². The summed E-state index contributed by atoms with van der Waals surface area (Å²) in [6.45, 7) is 3.24. The highest BCUT2D eigenvalue weighted by molar-refractivity contribution is 6.34. The number of likely N-dealkylation sites (tertiary alicyclic amines) is 1. The molecule has 4 rings (SSSR count). The van der Waals surface area contributed by atoms with Crippen LogP contribution in [0.3, 0.4) is 0 Å². The Labute approximate surface area is 205 Å². The number of hydrogen-bond acceptors (Lipinski definition) is 5. The summed E-state index contributed by atoms with van der Waals surface area (Å²) in [7, 11) is 3.72. The number of benzene rings is 2. The maximum atomic E-state index is 14.6. The van der Waals surface area contributed by atoms with Crippen molar-refractivity contribution in [3.05, 3.63) is 70.5 Å². The SMILES string of the molecule is CN(C)CC(=O)NC(CCN1CC2CNC[C@H]2[C@H]1C(=O)c1c(F)cccc1Cl)c1ccccc1. The van der Waals surface area contributed by atoms with Crippen molar-refractivity contribution in [2.75, 3.05) is 46.8 Å². The first-order valence-corrected chi connectivity index (χ1v) is 12.1. The minimum Gasteiger partial charge on any atom is -0.348 e. The number of amides is 1. The number of ketones is 1. The lowest BCUT2D eigenvalue weighted by Gasteiger charge is -2.29. The Kier molecular flexibility index (Phi) is 7.99. The molecule has 2 fully saturated rings. The van der Waals surface area contributed by atoms with E-state index in [9.17, 15) is 14.0 Å². The van der Waals surface area contributed by atoms with Crippen LogP contribution in [0.15, 0.2) is 48.5 Å². The summed E-state index contributed by atoms with van der Waals surface area (Å²) in [5, 5.41) is 6.68. The molecule has 2 aliphatic heterocycles. The second kappa shape index (κ2) is 11.0. The first kappa shape index (κ1) is 24.8. The number of nitrogens with one attached hydrogen (secondary N) is 2. The first-order chi connectivity index (χ1) is 16.3. The van der Waals surface area contributed by atoms with E-state index in [2.05, 4.69) is 15.5 Å². The van der Waals surface area contributed by atoms with Gasteiger partial charge in [-0.2, -0.15) is 0 Å². The highest BCUT2D eigenvalue weighted by atomic mass is 35.5. The normalized spacial score (nSPS) is 23.1. The molecule has 2 aliphatic rings. The Morgan fingerprint density at radius 1 is 1.18 bits per heavy atom. The number of Topliss-reactive ketones (excluding diaryl/α,β-unsaturated/α-hetero) is 1. The molecule has 8 heteroatoms. The molecule has 2 unspecified atom stereocenters. The summed E-state index contributed by atoms with van der Waals surface area (Å²) >= 11 is 6.25. The fourth-order valence-corrected chi connectivity index (χ4v) is 5.57. The molecule has 2 N–H and O–H groups in total. The molecule has 2 aromatic carbocycles. The average Bonchev–Trinajstić information content (AvgIpc) is 3.37. The molecule has 34 heavy (non-hydrogen) atoms. The summed E-state index contributed by atoms with van der Waals surface area (Å²) in [5.74, 6) is -0.441. The van der Waals surface area contributed by atoms with Gasteiger partial charge in [-0.25, -0.2) is 4.39 Å². The van der Waals surface area contributed by atoms with Crippen LogP contribution in [0.1, 0.15) is 28.4 Å². The largest absolute Gasteiger partial charge is 0.348 e. The molecular formula is C26H32ClFN4O2. The quantitative estimate of drug-likeness (QED) is 0.533. The molecule has 4 atom stereocenters. The molecule has 0 bridgehead atoms. The molecule has 0 radical (unpaired) electrons. The van der Waals surface area contributed by atoms with Gasteiger partial charge in [0.2, 0.25) is 5.91 Å². The highest BCUT2D eigenvalue weighted by Gasteiger charge is 2.48. The van der Waals surface area contributed by atoms with E-state index in [1.54, 1.807) is 6.07 Å². The Bertz CT molecular complexity index is 999. The number of carbonyl (C=O) groups is 2. The van der Waals surface area contributed by atoms with E-state index in [0.717, 1.165) is 25.2 Å². The van der Waals surface area contributed by atoms with E-state index in [0.29, 0.717) is 25.4 Å². The van der Waals surface area contributed by atoms with E-state index < -0.39 is 11.9 Å². The second-order valence-corrected chi connectivity index (χ2v) is 9.95. The highest BCUT2D eigenvalue weighted by Crippen LogP contribution is 2.36. The number of halogens is 2. The van der Waals surface area contributed by atoms with Crippen molar-refractivity contribution in [1.82, 2.24) is 20.4 Å². The molecule has 0 aromatic heterocycles. The van der Waals surface area contributed by atoms with Crippen molar-refractivity contribution in [3.63, 3.8) is 0 Å². The third-order valence-corrected chi connectivity index (χ3v) is 7.15. The summed E-state index contributed by atoms with van der Waals surface area (Å²) in [5.41, 5.74) is 1.00. The lowest BCUT2D eigenvalue weighted by molar-refractivity contribution is -0.122. The van der Waals surface area contributed by atoms with Crippen LogP contribution in [0.4, 0.5) is 4.39 Å². The third kappa shape index (κ3) is 5.49. The van der Waals surface area contributed by atoms with Crippen LogP contribution in [0.25, 0.3) is 0 Å². The summed E-state index contributed by atoms with van der Waals surface area (Å²) < 4.78 is 14.6. The molecule has 2 aromatic rings. The first-order valence-electron chi connectivity index (χ1n) is 11.8. The molecule has 0 aliphatic carbocycles. The van der Waals surface area contributed by atoms with E-state index in [4.69, 9.17) is 11.6 Å². The topological polar surface area (TPSA) is 64.7 Å². The molecule has 1 amide bonds. The Hall–Kier alpha value is -2.32. The molecule has 182 valence electrons. The van der Waals surface area contributed by atoms with Crippen LogP contribution in [-0.4, -0.2) is 74.4 Å². The van der Waals surface area contributed by atoms with Crippen molar-refractivity contribution in [2.24, 2.45) is 11.8 Å². The van der Waals surface area contributed by atoms with E-state index in [-0.39, 0.29) is 34.2 Å². The monoisotopic (exact) mass is 486 g/mol. The van der Waals surface area contributed by atoms with Gasteiger partial charge >= 0.3 is 0 Å². The fraction of sp³-hybridized carbons (Fsp3) is 0.462. The van der Waals surface area contributed by atoms with Gasteiger partial charge in [0, 0.05) is 19.6 Å². The molecule has 6 nitrogen and oxygen atoms in total. The zero-order valence-electron chi connectivity index (χ0n) is 19.6. The van der Waals surface area contributed by atoms with Crippen LogP contribution in [-0.2, 0) is 4.79 Å². The zero-order valence-corrected chi connectivity index (χ0v) is 20.4. The maximum Gasteiger partial charge on any atom is 0.234 e. The van der Waals surface area contributed by atoms with Gasteiger partial charge < -0.3 is 15.5 Å². The van der Waals surface area contributed by atoms with Crippen molar-refractivity contribution < 1.29 is 14.0 Å². The fourth-order valence-electron chi connectivity index (χ4n) is 5.31. The standard InChI is InChI=1S/C26H32ClFN4O2/c1-31(2)16-23(33)30-22(17-7-4-3-5-8-17)11-12-32-15-18-13-29-14-19(18)25(32)26(34)24-20(27)9-6-10-21(24)28/h3-10,18-19,22,25,29H,11-16H2,1-2H3,(H,30,33)/t18?,19-,22?,25+/m1/s1. The van der Waals surface area contributed by atoms with Gasteiger partial charge in [-0.05, 0) is 56.6 Å². The molecule has 0 spiro atoms. The van der Waals surface area contributed by atoms with E-state index in [1.165, 1.54) is 12.1 Å². The second-order valence-electron chi connectivity index (χ2n) is 9.54. The molecule has 2 saturated heterocycles. The van der Waals surface area contributed by atoms with Gasteiger partial charge in [0.05, 0.1) is 29.2 Å². The number of likely N-dealkylation sites (N-methyl/N-ethyl adjacent to an activating group) is 1. The van der Waals surface area contributed by atoms with Crippen LogP contribution < -0.4 is 10.6 Å². The number of nitrogens with zero attached hydrogens (tertiary/aromatic N) is 2. The zero-order chi connectivity index (χ0) is 24.2. The van der Waals surface area contributed by atoms with E-state index >= 15 is 0 Å². The number of hydrogen-bond donors (Lipinski definition) is 2. The third-order valence-electron chi connectivity index (χ3n) is 6.84. The number of carbonyl (C=O) groups excluding carboxylic acids is 2. The maximum absolute atomic E-state index is 14.6.